The number of sulfonamides is 1. The molecule has 0 unspecified atom stereocenters. The van der Waals surface area contributed by atoms with E-state index < -0.39 is 34.4 Å². The number of carboxylic acids is 2. The van der Waals surface area contributed by atoms with Gasteiger partial charge in [0.1, 0.15) is 6.04 Å². The van der Waals surface area contributed by atoms with Gasteiger partial charge in [-0.3, -0.25) is 9.59 Å². The Balaban J connectivity index is 4.55. The maximum atomic E-state index is 11.2. The van der Waals surface area contributed by atoms with Gasteiger partial charge in [-0.25, -0.2) is 13.1 Å². The van der Waals surface area contributed by atoms with Crippen LogP contribution < -0.4 is 4.72 Å². The molecule has 0 rings (SSSR count). The first-order valence-electron chi connectivity index (χ1n) is 4.23. The van der Waals surface area contributed by atoms with Crippen LogP contribution in [0.15, 0.2) is 0 Å². The molecule has 0 bridgehead atoms. The molecule has 1 atom stereocenters. The van der Waals surface area contributed by atoms with Crippen molar-refractivity contribution in [2.45, 2.75) is 25.8 Å². The van der Waals surface area contributed by atoms with Crippen molar-refractivity contribution in [2.75, 3.05) is 5.75 Å². The highest BCUT2D eigenvalue weighted by Gasteiger charge is 2.25. The van der Waals surface area contributed by atoms with E-state index in [9.17, 15) is 18.0 Å². The lowest BCUT2D eigenvalue weighted by Crippen LogP contribution is -2.43. The molecule has 0 aromatic rings. The average molecular weight is 239 g/mol. The lowest BCUT2D eigenvalue weighted by atomic mass is 10.2. The Kier molecular flexibility index (Phi) is 5.23. The van der Waals surface area contributed by atoms with E-state index in [-0.39, 0.29) is 5.75 Å². The molecule has 15 heavy (non-hydrogen) atoms. The van der Waals surface area contributed by atoms with Crippen LogP contribution in [-0.2, 0) is 19.6 Å². The molecule has 0 aliphatic heterocycles. The zero-order valence-corrected chi connectivity index (χ0v) is 8.95. The Hall–Kier alpha value is -1.15. The Morgan fingerprint density at radius 2 is 1.87 bits per heavy atom. The zero-order valence-electron chi connectivity index (χ0n) is 8.13. The van der Waals surface area contributed by atoms with Gasteiger partial charge in [-0.15, -0.1) is 0 Å². The van der Waals surface area contributed by atoms with Crippen molar-refractivity contribution in [3.05, 3.63) is 0 Å². The van der Waals surface area contributed by atoms with E-state index in [2.05, 4.69) is 0 Å². The number of hydrogen-bond donors (Lipinski definition) is 3. The van der Waals surface area contributed by atoms with Crippen molar-refractivity contribution < 1.29 is 28.2 Å². The third kappa shape index (κ3) is 6.02. The van der Waals surface area contributed by atoms with Crippen LogP contribution in [0, 0.1) is 0 Å². The molecule has 0 fully saturated rings. The first kappa shape index (κ1) is 13.8. The number of carboxylic acid groups (broad SMARTS) is 2. The summed E-state index contributed by atoms with van der Waals surface area (Å²) in [4.78, 5) is 20.8. The van der Waals surface area contributed by atoms with Crippen LogP contribution in [0.3, 0.4) is 0 Å². The van der Waals surface area contributed by atoms with Crippen LogP contribution >= 0.6 is 0 Å². The van der Waals surface area contributed by atoms with Crippen molar-refractivity contribution in [1.82, 2.24) is 4.72 Å². The lowest BCUT2D eigenvalue weighted by molar-refractivity contribution is -0.145. The maximum absolute atomic E-state index is 11.2. The highest BCUT2D eigenvalue weighted by molar-refractivity contribution is 7.89. The van der Waals surface area contributed by atoms with Crippen molar-refractivity contribution in [1.29, 1.82) is 0 Å². The summed E-state index contributed by atoms with van der Waals surface area (Å²) >= 11 is 0. The van der Waals surface area contributed by atoms with Crippen LogP contribution in [-0.4, -0.2) is 42.4 Å². The van der Waals surface area contributed by atoms with Gasteiger partial charge in [-0.1, -0.05) is 6.92 Å². The third-order valence-electron chi connectivity index (χ3n) is 1.47. The molecule has 0 aromatic carbocycles. The average Bonchev–Trinajstić information content (AvgIpc) is 2.00. The van der Waals surface area contributed by atoms with Crippen molar-refractivity contribution >= 4 is 22.0 Å². The predicted molar refractivity (Wildman–Crippen MR) is 50.9 cm³/mol. The second kappa shape index (κ2) is 5.66. The molecule has 0 saturated heterocycles. The third-order valence-corrected chi connectivity index (χ3v) is 3.06. The van der Waals surface area contributed by atoms with Gasteiger partial charge < -0.3 is 10.2 Å². The SMILES string of the molecule is CCCS(=O)(=O)N[C@@H](CC(=O)O)C(=O)O. The van der Waals surface area contributed by atoms with Gasteiger partial charge in [-0.2, -0.15) is 0 Å². The summed E-state index contributed by atoms with van der Waals surface area (Å²) in [6.45, 7) is 1.62. The minimum atomic E-state index is -3.72. The number of carbonyl (C=O) groups is 2. The normalized spacial score (nSPS) is 13.4. The molecule has 0 saturated carbocycles. The summed E-state index contributed by atoms with van der Waals surface area (Å²) in [7, 11) is -3.72. The topological polar surface area (TPSA) is 121 Å². The fraction of sp³-hybridized carbons (Fsp3) is 0.714. The Labute approximate surface area is 87.2 Å². The molecule has 88 valence electrons. The van der Waals surface area contributed by atoms with Gasteiger partial charge in [-0.05, 0) is 6.42 Å². The first-order valence-corrected chi connectivity index (χ1v) is 5.88. The molecule has 0 aliphatic rings. The fourth-order valence-corrected chi connectivity index (χ4v) is 2.17. The number of rotatable bonds is 7. The highest BCUT2D eigenvalue weighted by Crippen LogP contribution is 1.98. The molecule has 0 aromatic heterocycles. The van der Waals surface area contributed by atoms with E-state index in [1.807, 2.05) is 4.72 Å². The molecule has 0 heterocycles. The van der Waals surface area contributed by atoms with Gasteiger partial charge in [0, 0.05) is 0 Å². The molecule has 0 aliphatic carbocycles. The van der Waals surface area contributed by atoms with E-state index in [1.54, 1.807) is 6.92 Å². The Bertz CT molecular complexity index is 335. The van der Waals surface area contributed by atoms with Crippen LogP contribution in [0.1, 0.15) is 19.8 Å². The van der Waals surface area contributed by atoms with Gasteiger partial charge >= 0.3 is 11.9 Å². The Morgan fingerprint density at radius 1 is 1.33 bits per heavy atom. The molecule has 3 N–H and O–H groups in total. The fourth-order valence-electron chi connectivity index (χ4n) is 0.898. The number of nitrogens with one attached hydrogen (secondary N) is 1. The van der Waals surface area contributed by atoms with Crippen LogP contribution in [0.25, 0.3) is 0 Å². The maximum Gasteiger partial charge on any atom is 0.322 e. The molecule has 0 spiro atoms. The van der Waals surface area contributed by atoms with E-state index in [4.69, 9.17) is 10.2 Å². The molecule has 7 nitrogen and oxygen atoms in total. The summed E-state index contributed by atoms with van der Waals surface area (Å²) < 4.78 is 24.1. The van der Waals surface area contributed by atoms with E-state index in [0.717, 1.165) is 0 Å². The molecule has 0 amide bonds. The molecule has 8 heteroatoms. The molecular weight excluding hydrogens is 226 g/mol. The van der Waals surface area contributed by atoms with Crippen molar-refractivity contribution in [3.8, 4) is 0 Å². The summed E-state index contributed by atoms with van der Waals surface area (Å²) in [5.41, 5.74) is 0. The van der Waals surface area contributed by atoms with Crippen LogP contribution in [0.4, 0.5) is 0 Å². The van der Waals surface area contributed by atoms with Gasteiger partial charge in [0.15, 0.2) is 0 Å². The number of hydrogen-bond acceptors (Lipinski definition) is 4. The summed E-state index contributed by atoms with van der Waals surface area (Å²) in [6.07, 6.45) is -0.451. The monoisotopic (exact) mass is 239 g/mol. The van der Waals surface area contributed by atoms with Crippen molar-refractivity contribution in [3.63, 3.8) is 0 Å². The van der Waals surface area contributed by atoms with Crippen molar-refractivity contribution in [2.24, 2.45) is 0 Å². The quantitative estimate of drug-likeness (QED) is 0.537. The minimum Gasteiger partial charge on any atom is -0.481 e. The summed E-state index contributed by atoms with van der Waals surface area (Å²) in [5, 5.41) is 16.9. The Morgan fingerprint density at radius 3 is 2.20 bits per heavy atom. The van der Waals surface area contributed by atoms with Gasteiger partial charge in [0.2, 0.25) is 10.0 Å². The minimum absolute atomic E-state index is 0.226. The van der Waals surface area contributed by atoms with E-state index in [1.165, 1.54) is 0 Å². The van der Waals surface area contributed by atoms with Gasteiger partial charge in [0.05, 0.1) is 12.2 Å². The van der Waals surface area contributed by atoms with Crippen LogP contribution in [0.5, 0.6) is 0 Å². The molecule has 0 radical (unpaired) electrons. The smallest absolute Gasteiger partial charge is 0.322 e. The molecular formula is C7H13NO6S. The zero-order chi connectivity index (χ0) is 12.1. The van der Waals surface area contributed by atoms with Crippen LogP contribution in [0.2, 0.25) is 0 Å². The summed E-state index contributed by atoms with van der Waals surface area (Å²) in [5.74, 6) is -3.10. The predicted octanol–water partition coefficient (Wildman–Crippen LogP) is -0.756. The van der Waals surface area contributed by atoms with Gasteiger partial charge in [0.25, 0.3) is 0 Å². The standard InChI is InChI=1S/C7H13NO6S/c1-2-3-15(13,14)8-5(7(11)12)4-6(9)10/h5,8H,2-4H2,1H3,(H,9,10)(H,11,12)/t5-/m0/s1. The second-order valence-corrected chi connectivity index (χ2v) is 4.80. The first-order chi connectivity index (χ1) is 6.78. The number of aliphatic carboxylic acids is 2. The largest absolute Gasteiger partial charge is 0.481 e. The highest BCUT2D eigenvalue weighted by atomic mass is 32.2. The summed E-state index contributed by atoms with van der Waals surface area (Å²) in [6, 6.07) is -1.61. The lowest BCUT2D eigenvalue weighted by Gasteiger charge is -2.11. The van der Waals surface area contributed by atoms with E-state index in [0.29, 0.717) is 6.42 Å². The van der Waals surface area contributed by atoms with E-state index >= 15 is 0 Å². The second-order valence-electron chi connectivity index (χ2n) is 2.93.